The number of aromatic nitrogens is 1. The van der Waals surface area contributed by atoms with Gasteiger partial charge in [0.05, 0.1) is 6.10 Å². The first kappa shape index (κ1) is 14.9. The Labute approximate surface area is 123 Å². The predicted octanol–water partition coefficient (Wildman–Crippen LogP) is 3.09. The molecule has 6 heteroatoms. The first-order valence-corrected chi connectivity index (χ1v) is 6.76. The van der Waals surface area contributed by atoms with E-state index in [1.54, 1.807) is 13.0 Å². The highest BCUT2D eigenvalue weighted by molar-refractivity contribution is 5.88. The van der Waals surface area contributed by atoms with Crippen molar-refractivity contribution in [3.63, 3.8) is 0 Å². The molecule has 0 spiro atoms. The lowest BCUT2D eigenvalue weighted by Crippen LogP contribution is -2.28. The third-order valence-electron chi connectivity index (χ3n) is 2.62. The number of rotatable bonds is 5. The number of benzene rings is 1. The summed E-state index contributed by atoms with van der Waals surface area (Å²) in [4.78, 5) is 11.7. The van der Waals surface area contributed by atoms with Crippen molar-refractivity contribution in [2.75, 3.05) is 5.32 Å². The number of aryl methyl sites for hydroxylation is 1. The lowest BCUT2D eigenvalue weighted by atomic mass is 10.2. The summed E-state index contributed by atoms with van der Waals surface area (Å²) in [5.74, 6) is 1.85. The van der Waals surface area contributed by atoms with Gasteiger partial charge in [-0.25, -0.2) is 4.79 Å². The molecule has 0 fully saturated rings. The average Bonchev–Trinajstić information content (AvgIpc) is 2.83. The third-order valence-corrected chi connectivity index (χ3v) is 2.62. The summed E-state index contributed by atoms with van der Waals surface area (Å²) in [6, 6.07) is 8.92. The molecule has 21 heavy (non-hydrogen) atoms. The van der Waals surface area contributed by atoms with Crippen molar-refractivity contribution in [3.05, 3.63) is 41.7 Å². The van der Waals surface area contributed by atoms with E-state index in [-0.39, 0.29) is 12.1 Å². The fraction of sp³-hybridized carbons (Fsp3) is 0.333. The Morgan fingerprint density at radius 1 is 1.33 bits per heavy atom. The van der Waals surface area contributed by atoms with E-state index in [2.05, 4.69) is 15.8 Å². The number of amides is 2. The number of hydrogen-bond acceptors (Lipinski definition) is 4. The first-order chi connectivity index (χ1) is 10.0. The van der Waals surface area contributed by atoms with Crippen LogP contribution in [-0.2, 0) is 6.54 Å². The molecule has 0 radical (unpaired) electrons. The second-order valence-corrected chi connectivity index (χ2v) is 4.94. The molecule has 112 valence electrons. The summed E-state index contributed by atoms with van der Waals surface area (Å²) < 4.78 is 10.4. The summed E-state index contributed by atoms with van der Waals surface area (Å²) >= 11 is 0. The highest BCUT2D eigenvalue weighted by Crippen LogP contribution is 2.13. The number of carbonyl (C=O) groups excluding carboxylic acids is 1. The lowest BCUT2D eigenvalue weighted by Gasteiger charge is -2.10. The van der Waals surface area contributed by atoms with Crippen molar-refractivity contribution in [3.8, 4) is 5.75 Å². The zero-order valence-corrected chi connectivity index (χ0v) is 12.3. The second-order valence-electron chi connectivity index (χ2n) is 4.94. The molecule has 1 aromatic heterocycles. The minimum Gasteiger partial charge on any atom is -0.491 e. The van der Waals surface area contributed by atoms with Crippen LogP contribution in [0.15, 0.2) is 34.9 Å². The van der Waals surface area contributed by atoms with Crippen molar-refractivity contribution >= 4 is 11.8 Å². The molecule has 0 aliphatic rings. The molecular formula is C15H19N3O3. The van der Waals surface area contributed by atoms with Gasteiger partial charge in [-0.15, -0.1) is 0 Å². The SMILES string of the molecule is Cc1cc(NC(=O)NCc2ccc(OC(C)C)cc2)no1. The second kappa shape index (κ2) is 6.78. The van der Waals surface area contributed by atoms with E-state index in [4.69, 9.17) is 9.26 Å². The molecule has 0 aliphatic carbocycles. The molecule has 6 nitrogen and oxygen atoms in total. The summed E-state index contributed by atoms with van der Waals surface area (Å²) in [6.45, 7) is 6.14. The van der Waals surface area contributed by atoms with E-state index in [9.17, 15) is 4.79 Å². The Bertz CT molecular complexity index is 590. The molecule has 1 heterocycles. The molecule has 0 saturated heterocycles. The molecule has 0 unspecified atom stereocenters. The van der Waals surface area contributed by atoms with Gasteiger partial charge < -0.3 is 14.6 Å². The topological polar surface area (TPSA) is 76.4 Å². The van der Waals surface area contributed by atoms with Crippen LogP contribution in [0, 0.1) is 6.92 Å². The van der Waals surface area contributed by atoms with E-state index < -0.39 is 0 Å². The van der Waals surface area contributed by atoms with E-state index >= 15 is 0 Å². The van der Waals surface area contributed by atoms with Crippen molar-refractivity contribution in [1.82, 2.24) is 10.5 Å². The summed E-state index contributed by atoms with van der Waals surface area (Å²) in [6.07, 6.45) is 0.144. The van der Waals surface area contributed by atoms with Gasteiger partial charge in [-0.05, 0) is 38.5 Å². The number of nitrogens with zero attached hydrogens (tertiary/aromatic N) is 1. The van der Waals surface area contributed by atoms with Crippen LogP contribution >= 0.6 is 0 Å². The maximum absolute atomic E-state index is 11.7. The maximum Gasteiger partial charge on any atom is 0.320 e. The number of hydrogen-bond donors (Lipinski definition) is 2. The summed E-state index contributed by atoms with van der Waals surface area (Å²) in [5.41, 5.74) is 0.984. The Morgan fingerprint density at radius 2 is 2.05 bits per heavy atom. The van der Waals surface area contributed by atoms with Crippen molar-refractivity contribution in [2.45, 2.75) is 33.4 Å². The molecule has 1 aromatic carbocycles. The smallest absolute Gasteiger partial charge is 0.320 e. The monoisotopic (exact) mass is 289 g/mol. The number of carbonyl (C=O) groups is 1. The van der Waals surface area contributed by atoms with Crippen LogP contribution in [0.5, 0.6) is 5.75 Å². The largest absolute Gasteiger partial charge is 0.491 e. The Hall–Kier alpha value is -2.50. The van der Waals surface area contributed by atoms with Gasteiger partial charge in [0.25, 0.3) is 0 Å². The van der Waals surface area contributed by atoms with Crippen LogP contribution in [0.25, 0.3) is 0 Å². The van der Waals surface area contributed by atoms with Gasteiger partial charge in [-0.2, -0.15) is 0 Å². The van der Waals surface area contributed by atoms with Gasteiger partial charge in [0.2, 0.25) is 0 Å². The van der Waals surface area contributed by atoms with E-state index in [0.29, 0.717) is 18.1 Å². The van der Waals surface area contributed by atoms with Crippen LogP contribution in [0.4, 0.5) is 10.6 Å². The average molecular weight is 289 g/mol. The molecule has 2 amide bonds. The van der Waals surface area contributed by atoms with Crippen molar-refractivity contribution in [1.29, 1.82) is 0 Å². The van der Waals surface area contributed by atoms with Gasteiger partial charge >= 0.3 is 6.03 Å². The molecule has 2 rings (SSSR count). The standard InChI is InChI=1S/C15H19N3O3/c1-10(2)20-13-6-4-12(5-7-13)9-16-15(19)17-14-8-11(3)21-18-14/h4-8,10H,9H2,1-3H3,(H2,16,17,18,19). The molecular weight excluding hydrogens is 270 g/mol. The Morgan fingerprint density at radius 3 is 2.62 bits per heavy atom. The predicted molar refractivity (Wildman–Crippen MR) is 79.3 cm³/mol. The van der Waals surface area contributed by atoms with Crippen LogP contribution in [0.1, 0.15) is 25.2 Å². The first-order valence-electron chi connectivity index (χ1n) is 6.76. The van der Waals surface area contributed by atoms with E-state index in [0.717, 1.165) is 11.3 Å². The maximum atomic E-state index is 11.7. The molecule has 0 bridgehead atoms. The lowest BCUT2D eigenvalue weighted by molar-refractivity contribution is 0.242. The normalized spacial score (nSPS) is 10.5. The minimum atomic E-state index is -0.328. The summed E-state index contributed by atoms with van der Waals surface area (Å²) in [7, 11) is 0. The summed E-state index contributed by atoms with van der Waals surface area (Å²) in [5, 5.41) is 9.02. The Balaban J connectivity index is 1.81. The minimum absolute atomic E-state index is 0.144. The van der Waals surface area contributed by atoms with Crippen LogP contribution in [0.2, 0.25) is 0 Å². The zero-order valence-electron chi connectivity index (χ0n) is 12.3. The van der Waals surface area contributed by atoms with Gasteiger partial charge in [0, 0.05) is 12.6 Å². The third kappa shape index (κ3) is 4.83. The fourth-order valence-corrected chi connectivity index (χ4v) is 1.73. The number of urea groups is 1. The number of nitrogens with one attached hydrogen (secondary N) is 2. The quantitative estimate of drug-likeness (QED) is 0.886. The molecule has 2 aromatic rings. The van der Waals surface area contributed by atoms with Gasteiger partial charge in [-0.3, -0.25) is 5.32 Å². The number of anilines is 1. The molecule has 0 aliphatic heterocycles. The highest BCUT2D eigenvalue weighted by Gasteiger charge is 2.05. The fourth-order valence-electron chi connectivity index (χ4n) is 1.73. The highest BCUT2D eigenvalue weighted by atomic mass is 16.5. The zero-order chi connectivity index (χ0) is 15.2. The van der Waals surface area contributed by atoms with Crippen LogP contribution in [0.3, 0.4) is 0 Å². The van der Waals surface area contributed by atoms with Crippen LogP contribution in [-0.4, -0.2) is 17.3 Å². The molecule has 0 atom stereocenters. The number of ether oxygens (including phenoxy) is 1. The van der Waals surface area contributed by atoms with Crippen molar-refractivity contribution in [2.24, 2.45) is 0 Å². The van der Waals surface area contributed by atoms with Crippen molar-refractivity contribution < 1.29 is 14.1 Å². The van der Waals surface area contributed by atoms with Crippen LogP contribution < -0.4 is 15.4 Å². The van der Waals surface area contributed by atoms with Gasteiger partial charge in [0.15, 0.2) is 5.82 Å². The van der Waals surface area contributed by atoms with Gasteiger partial charge in [-0.1, -0.05) is 17.3 Å². The van der Waals surface area contributed by atoms with E-state index in [1.807, 2.05) is 38.1 Å². The molecule has 0 saturated carbocycles. The molecule has 2 N–H and O–H groups in total. The van der Waals surface area contributed by atoms with Gasteiger partial charge in [0.1, 0.15) is 11.5 Å². The Kier molecular flexibility index (Phi) is 4.81. The van der Waals surface area contributed by atoms with E-state index in [1.165, 1.54) is 0 Å².